The number of benzene rings is 1. The molecular weight excluding hydrogens is 396 g/mol. The molecule has 2 atom stereocenters. The number of carboxylic acids is 1. The SMILES string of the molecule is C#CCC1(C(=O)O)NNC(C)=C(C(=O)OCCOCCC)C1c1ccccc1Cl. The summed E-state index contributed by atoms with van der Waals surface area (Å²) in [6, 6.07) is 6.77. The minimum atomic E-state index is -1.69. The molecule has 1 aromatic carbocycles. The number of hydrogen-bond acceptors (Lipinski definition) is 6. The van der Waals surface area contributed by atoms with E-state index in [0.717, 1.165) is 6.42 Å². The Hall–Kier alpha value is -2.53. The van der Waals surface area contributed by atoms with Crippen molar-refractivity contribution >= 4 is 23.5 Å². The molecule has 0 aromatic heterocycles. The fourth-order valence-electron chi connectivity index (χ4n) is 3.29. The van der Waals surface area contributed by atoms with Gasteiger partial charge in [-0.2, -0.15) is 0 Å². The van der Waals surface area contributed by atoms with Crippen LogP contribution in [0, 0.1) is 12.3 Å². The molecule has 0 amide bonds. The second kappa shape index (κ2) is 10.3. The van der Waals surface area contributed by atoms with Crippen LogP contribution in [0.25, 0.3) is 0 Å². The van der Waals surface area contributed by atoms with Crippen LogP contribution in [0.1, 0.15) is 38.2 Å². The number of carboxylic acid groups (broad SMARTS) is 1. The van der Waals surface area contributed by atoms with E-state index in [4.69, 9.17) is 27.5 Å². The molecule has 0 spiro atoms. The van der Waals surface area contributed by atoms with Gasteiger partial charge in [0.1, 0.15) is 6.61 Å². The van der Waals surface area contributed by atoms with Gasteiger partial charge in [-0.15, -0.1) is 12.3 Å². The van der Waals surface area contributed by atoms with Crippen molar-refractivity contribution < 1.29 is 24.2 Å². The zero-order chi connectivity index (χ0) is 21.4. The number of carbonyl (C=O) groups excluding carboxylic acids is 1. The van der Waals surface area contributed by atoms with Crippen molar-refractivity contribution in [1.29, 1.82) is 0 Å². The largest absolute Gasteiger partial charge is 0.480 e. The second-order valence-corrected chi connectivity index (χ2v) is 7.06. The summed E-state index contributed by atoms with van der Waals surface area (Å²) in [6.07, 6.45) is 6.15. The Bertz CT molecular complexity index is 833. The number of allylic oxidation sites excluding steroid dienone is 1. The van der Waals surface area contributed by atoms with Gasteiger partial charge in [0.05, 0.1) is 18.1 Å². The summed E-state index contributed by atoms with van der Waals surface area (Å²) >= 11 is 6.38. The summed E-state index contributed by atoms with van der Waals surface area (Å²) in [5.74, 6) is -0.425. The van der Waals surface area contributed by atoms with Crippen LogP contribution < -0.4 is 10.9 Å². The van der Waals surface area contributed by atoms with Crippen LogP contribution in [0.2, 0.25) is 5.02 Å². The highest BCUT2D eigenvalue weighted by atomic mass is 35.5. The fourth-order valence-corrected chi connectivity index (χ4v) is 3.53. The second-order valence-electron chi connectivity index (χ2n) is 6.65. The van der Waals surface area contributed by atoms with Gasteiger partial charge in [-0.05, 0) is 25.0 Å². The smallest absolute Gasteiger partial charge is 0.336 e. The Balaban J connectivity index is 2.48. The molecular formula is C21H25ClN2O5. The highest BCUT2D eigenvalue weighted by Gasteiger charge is 2.53. The maximum atomic E-state index is 13.0. The Morgan fingerprint density at radius 1 is 1.31 bits per heavy atom. The van der Waals surface area contributed by atoms with Gasteiger partial charge in [0.2, 0.25) is 0 Å². The van der Waals surface area contributed by atoms with Crippen LogP contribution in [0.3, 0.4) is 0 Å². The first-order chi connectivity index (χ1) is 13.9. The van der Waals surface area contributed by atoms with E-state index < -0.39 is 23.4 Å². The van der Waals surface area contributed by atoms with E-state index in [0.29, 0.717) is 22.9 Å². The lowest BCUT2D eigenvalue weighted by atomic mass is 9.71. The van der Waals surface area contributed by atoms with E-state index in [1.807, 2.05) is 6.92 Å². The lowest BCUT2D eigenvalue weighted by Gasteiger charge is -2.42. The first kappa shape index (κ1) is 22.8. The third-order valence-corrected chi connectivity index (χ3v) is 5.01. The van der Waals surface area contributed by atoms with Crippen LogP contribution in [0.5, 0.6) is 0 Å². The molecule has 0 fully saturated rings. The molecule has 1 aliphatic rings. The molecule has 2 unspecified atom stereocenters. The molecule has 1 aromatic rings. The number of ether oxygens (including phenoxy) is 2. The first-order valence-corrected chi connectivity index (χ1v) is 9.67. The molecule has 0 saturated heterocycles. The third kappa shape index (κ3) is 4.91. The average molecular weight is 421 g/mol. The van der Waals surface area contributed by atoms with E-state index in [9.17, 15) is 14.7 Å². The van der Waals surface area contributed by atoms with E-state index in [1.165, 1.54) is 0 Å². The van der Waals surface area contributed by atoms with Gasteiger partial charge in [-0.3, -0.25) is 4.79 Å². The number of carbonyl (C=O) groups is 2. The Morgan fingerprint density at radius 2 is 2.03 bits per heavy atom. The molecule has 1 heterocycles. The number of terminal acetylenes is 1. The monoisotopic (exact) mass is 420 g/mol. The summed E-state index contributed by atoms with van der Waals surface area (Å²) in [6.45, 7) is 4.50. The molecule has 0 saturated carbocycles. The maximum absolute atomic E-state index is 13.0. The van der Waals surface area contributed by atoms with Gasteiger partial charge >= 0.3 is 11.9 Å². The molecule has 156 valence electrons. The molecule has 0 radical (unpaired) electrons. The van der Waals surface area contributed by atoms with Gasteiger partial charge < -0.3 is 20.0 Å². The number of nitrogens with one attached hydrogen (secondary N) is 2. The lowest BCUT2D eigenvalue weighted by Crippen LogP contribution is -2.64. The predicted octanol–water partition coefficient (Wildman–Crippen LogP) is 2.62. The molecule has 3 N–H and O–H groups in total. The van der Waals surface area contributed by atoms with Crippen molar-refractivity contribution in [2.75, 3.05) is 19.8 Å². The summed E-state index contributed by atoms with van der Waals surface area (Å²) in [4.78, 5) is 25.3. The Labute approximate surface area is 175 Å². The van der Waals surface area contributed by atoms with Crippen molar-refractivity contribution in [3.63, 3.8) is 0 Å². The van der Waals surface area contributed by atoms with E-state index >= 15 is 0 Å². The van der Waals surface area contributed by atoms with Crippen molar-refractivity contribution in [1.82, 2.24) is 10.9 Å². The summed E-state index contributed by atoms with van der Waals surface area (Å²) in [5.41, 5.74) is 4.93. The Kier molecular flexibility index (Phi) is 8.09. The Morgan fingerprint density at radius 3 is 2.66 bits per heavy atom. The molecule has 2 rings (SSSR count). The molecule has 7 nitrogen and oxygen atoms in total. The molecule has 1 aliphatic heterocycles. The topological polar surface area (TPSA) is 96.9 Å². The van der Waals surface area contributed by atoms with Gasteiger partial charge in [-0.25, -0.2) is 10.2 Å². The standard InChI is InChI=1S/C21H25ClN2O5/c1-4-10-21(20(26)27)18(15-8-6-7-9-16(15)22)17(14(3)23-24-21)19(25)29-13-12-28-11-5-2/h1,6-9,18,23-24H,5,10-13H2,2-3H3,(H,26,27). The summed E-state index contributed by atoms with van der Waals surface area (Å²) in [7, 11) is 0. The normalized spacial score (nSPS) is 21.2. The highest BCUT2D eigenvalue weighted by Crippen LogP contribution is 2.43. The van der Waals surface area contributed by atoms with Gasteiger partial charge in [0.15, 0.2) is 5.54 Å². The van der Waals surface area contributed by atoms with Crippen LogP contribution in [0.4, 0.5) is 0 Å². The van der Waals surface area contributed by atoms with Gasteiger partial charge in [0.25, 0.3) is 0 Å². The average Bonchev–Trinajstić information content (AvgIpc) is 2.69. The number of rotatable bonds is 9. The number of halogens is 1. The zero-order valence-corrected chi connectivity index (χ0v) is 17.2. The van der Waals surface area contributed by atoms with E-state index in [1.54, 1.807) is 31.2 Å². The minimum Gasteiger partial charge on any atom is -0.480 e. The van der Waals surface area contributed by atoms with Crippen LogP contribution in [-0.4, -0.2) is 42.4 Å². The van der Waals surface area contributed by atoms with Crippen molar-refractivity contribution in [2.24, 2.45) is 0 Å². The first-order valence-electron chi connectivity index (χ1n) is 9.29. The van der Waals surface area contributed by atoms with Gasteiger partial charge in [0, 0.05) is 23.7 Å². The van der Waals surface area contributed by atoms with Crippen LogP contribution in [-0.2, 0) is 19.1 Å². The van der Waals surface area contributed by atoms with Crippen LogP contribution in [0.15, 0.2) is 35.5 Å². The van der Waals surface area contributed by atoms with Crippen molar-refractivity contribution in [3.8, 4) is 12.3 Å². The summed E-state index contributed by atoms with van der Waals surface area (Å²) < 4.78 is 10.7. The quantitative estimate of drug-likeness (QED) is 0.321. The third-order valence-electron chi connectivity index (χ3n) is 4.67. The summed E-state index contributed by atoms with van der Waals surface area (Å²) in [5, 5.41) is 10.4. The molecule has 29 heavy (non-hydrogen) atoms. The zero-order valence-electron chi connectivity index (χ0n) is 16.5. The number of hydrogen-bond donors (Lipinski definition) is 3. The van der Waals surface area contributed by atoms with E-state index in [-0.39, 0.29) is 25.2 Å². The fraction of sp³-hybridized carbons (Fsp3) is 0.429. The number of aliphatic carboxylic acids is 1. The lowest BCUT2D eigenvalue weighted by molar-refractivity contribution is -0.147. The van der Waals surface area contributed by atoms with E-state index in [2.05, 4.69) is 16.8 Å². The molecule has 0 aliphatic carbocycles. The van der Waals surface area contributed by atoms with Crippen molar-refractivity contribution in [3.05, 3.63) is 46.1 Å². The predicted molar refractivity (Wildman–Crippen MR) is 109 cm³/mol. The maximum Gasteiger partial charge on any atom is 0.336 e. The molecule has 8 heteroatoms. The van der Waals surface area contributed by atoms with Crippen molar-refractivity contribution in [2.45, 2.75) is 38.1 Å². The minimum absolute atomic E-state index is 0.0491. The number of esters is 1. The number of hydrazine groups is 1. The van der Waals surface area contributed by atoms with Gasteiger partial charge in [-0.1, -0.05) is 36.7 Å². The molecule has 0 bridgehead atoms. The highest BCUT2D eigenvalue weighted by molar-refractivity contribution is 6.31. The van der Waals surface area contributed by atoms with Crippen LogP contribution >= 0.6 is 11.6 Å².